The number of amides is 1. The molecule has 0 radical (unpaired) electrons. The lowest BCUT2D eigenvalue weighted by molar-refractivity contribution is -0.123. The van der Waals surface area contributed by atoms with E-state index in [-0.39, 0.29) is 48.6 Å². The summed E-state index contributed by atoms with van der Waals surface area (Å²) in [6, 6.07) is 4.87. The molecule has 154 valence electrons. The van der Waals surface area contributed by atoms with Crippen molar-refractivity contribution in [1.29, 1.82) is 0 Å². The van der Waals surface area contributed by atoms with E-state index in [2.05, 4.69) is 10.2 Å². The number of benzene rings is 1. The molecule has 8 heteroatoms. The van der Waals surface area contributed by atoms with Crippen molar-refractivity contribution in [2.75, 3.05) is 13.1 Å². The number of nitrogens with one attached hydrogen (secondary N) is 1. The van der Waals surface area contributed by atoms with Crippen molar-refractivity contribution >= 4 is 42.3 Å². The Hall–Kier alpha value is -0.590. The SMILES string of the molecule is Cl.Cl.N[C@@H]1CCC[C@H]1CC(=O)NC1CCCN(Cc2ccc(F)cc2Cl)C1. The number of hydrogen-bond acceptors (Lipinski definition) is 3. The van der Waals surface area contributed by atoms with Crippen molar-refractivity contribution in [1.82, 2.24) is 10.2 Å². The lowest BCUT2D eigenvalue weighted by atomic mass is 9.99. The third-order valence-electron chi connectivity index (χ3n) is 5.45. The number of nitrogens with zero attached hydrogens (tertiary/aromatic N) is 1. The maximum Gasteiger partial charge on any atom is 0.220 e. The summed E-state index contributed by atoms with van der Waals surface area (Å²) in [6.07, 6.45) is 5.81. The van der Waals surface area contributed by atoms with Crippen LogP contribution in [0.4, 0.5) is 4.39 Å². The van der Waals surface area contributed by atoms with Gasteiger partial charge in [0, 0.05) is 36.6 Å². The second kappa shape index (κ2) is 11.4. The number of rotatable bonds is 5. The van der Waals surface area contributed by atoms with Gasteiger partial charge in [0.1, 0.15) is 5.82 Å². The fraction of sp³-hybridized carbons (Fsp3) is 0.632. The van der Waals surface area contributed by atoms with Gasteiger partial charge < -0.3 is 11.1 Å². The number of halogens is 4. The van der Waals surface area contributed by atoms with E-state index in [1.54, 1.807) is 6.07 Å². The quantitative estimate of drug-likeness (QED) is 0.729. The van der Waals surface area contributed by atoms with Crippen LogP contribution in [-0.4, -0.2) is 36.0 Å². The van der Waals surface area contributed by atoms with Gasteiger partial charge in [-0.15, -0.1) is 24.8 Å². The molecule has 1 heterocycles. The maximum absolute atomic E-state index is 13.2. The summed E-state index contributed by atoms with van der Waals surface area (Å²) in [7, 11) is 0. The monoisotopic (exact) mass is 439 g/mol. The first-order valence-electron chi connectivity index (χ1n) is 9.22. The van der Waals surface area contributed by atoms with Crippen LogP contribution in [0.25, 0.3) is 0 Å². The molecule has 2 aliphatic rings. The largest absolute Gasteiger partial charge is 0.352 e. The Bertz CT molecular complexity index is 620. The molecule has 1 aromatic rings. The van der Waals surface area contributed by atoms with Gasteiger partial charge in [0.25, 0.3) is 0 Å². The van der Waals surface area contributed by atoms with E-state index in [4.69, 9.17) is 17.3 Å². The van der Waals surface area contributed by atoms with Gasteiger partial charge in [0.15, 0.2) is 0 Å². The summed E-state index contributed by atoms with van der Waals surface area (Å²) in [5.41, 5.74) is 6.99. The van der Waals surface area contributed by atoms with E-state index in [9.17, 15) is 9.18 Å². The van der Waals surface area contributed by atoms with Gasteiger partial charge in [0.05, 0.1) is 0 Å². The van der Waals surface area contributed by atoms with E-state index < -0.39 is 0 Å². The number of carbonyl (C=O) groups excluding carboxylic acids is 1. The van der Waals surface area contributed by atoms with Crippen LogP contribution in [0.2, 0.25) is 5.02 Å². The zero-order valence-corrected chi connectivity index (χ0v) is 17.7. The van der Waals surface area contributed by atoms with Crippen LogP contribution < -0.4 is 11.1 Å². The highest BCUT2D eigenvalue weighted by molar-refractivity contribution is 6.31. The average Bonchev–Trinajstić information content (AvgIpc) is 2.95. The predicted octanol–water partition coefficient (Wildman–Crippen LogP) is 3.92. The highest BCUT2D eigenvalue weighted by Gasteiger charge is 2.28. The Morgan fingerprint density at radius 1 is 1.26 bits per heavy atom. The van der Waals surface area contributed by atoms with E-state index in [1.165, 1.54) is 12.1 Å². The minimum absolute atomic E-state index is 0. The molecule has 1 saturated carbocycles. The zero-order chi connectivity index (χ0) is 17.8. The third kappa shape index (κ3) is 7.06. The van der Waals surface area contributed by atoms with Gasteiger partial charge in [-0.25, -0.2) is 4.39 Å². The minimum Gasteiger partial charge on any atom is -0.352 e. The molecule has 3 N–H and O–H groups in total. The third-order valence-corrected chi connectivity index (χ3v) is 5.80. The number of nitrogens with two attached hydrogens (primary N) is 1. The van der Waals surface area contributed by atoms with Crippen LogP contribution in [0.1, 0.15) is 44.1 Å². The first-order chi connectivity index (χ1) is 12.0. The maximum atomic E-state index is 13.2. The Labute approximate surface area is 178 Å². The normalized spacial score (nSPS) is 25.4. The lowest BCUT2D eigenvalue weighted by Crippen LogP contribution is -2.48. The summed E-state index contributed by atoms with van der Waals surface area (Å²) in [6.45, 7) is 2.45. The van der Waals surface area contributed by atoms with E-state index >= 15 is 0 Å². The van der Waals surface area contributed by atoms with Gasteiger partial charge >= 0.3 is 0 Å². The molecule has 3 rings (SSSR count). The van der Waals surface area contributed by atoms with Crippen LogP contribution in [0.3, 0.4) is 0 Å². The van der Waals surface area contributed by atoms with Gasteiger partial charge in [-0.05, 0) is 55.8 Å². The molecule has 1 amide bonds. The van der Waals surface area contributed by atoms with E-state index in [0.29, 0.717) is 23.9 Å². The smallest absolute Gasteiger partial charge is 0.220 e. The first kappa shape index (κ1) is 24.4. The fourth-order valence-electron chi connectivity index (χ4n) is 4.05. The molecule has 27 heavy (non-hydrogen) atoms. The summed E-state index contributed by atoms with van der Waals surface area (Å²) >= 11 is 6.13. The molecule has 1 aliphatic carbocycles. The highest BCUT2D eigenvalue weighted by atomic mass is 35.5. The van der Waals surface area contributed by atoms with Crippen molar-refractivity contribution in [3.8, 4) is 0 Å². The van der Waals surface area contributed by atoms with Gasteiger partial charge in [-0.1, -0.05) is 24.1 Å². The Morgan fingerprint density at radius 2 is 2.04 bits per heavy atom. The fourth-order valence-corrected chi connectivity index (χ4v) is 4.28. The van der Waals surface area contributed by atoms with Gasteiger partial charge in [-0.2, -0.15) is 0 Å². The summed E-state index contributed by atoms with van der Waals surface area (Å²) in [5.74, 6) is 0.134. The second-order valence-electron chi connectivity index (χ2n) is 7.44. The van der Waals surface area contributed by atoms with Crippen molar-refractivity contribution < 1.29 is 9.18 Å². The lowest BCUT2D eigenvalue weighted by Gasteiger charge is -2.33. The van der Waals surface area contributed by atoms with Crippen LogP contribution in [0, 0.1) is 11.7 Å². The highest BCUT2D eigenvalue weighted by Crippen LogP contribution is 2.27. The molecule has 0 bridgehead atoms. The van der Waals surface area contributed by atoms with Crippen LogP contribution in [0.5, 0.6) is 0 Å². The number of likely N-dealkylation sites (tertiary alicyclic amines) is 1. The van der Waals surface area contributed by atoms with Crippen LogP contribution in [-0.2, 0) is 11.3 Å². The minimum atomic E-state index is -0.317. The predicted molar refractivity (Wildman–Crippen MR) is 112 cm³/mol. The van der Waals surface area contributed by atoms with Gasteiger partial charge in [-0.3, -0.25) is 9.69 Å². The van der Waals surface area contributed by atoms with Crippen LogP contribution in [0.15, 0.2) is 18.2 Å². The molecule has 4 nitrogen and oxygen atoms in total. The molecule has 1 unspecified atom stereocenters. The average molecular weight is 441 g/mol. The van der Waals surface area contributed by atoms with Gasteiger partial charge in [0.2, 0.25) is 5.91 Å². The standard InChI is InChI=1S/C19H27ClFN3O.2ClH/c20-17-10-15(21)7-6-14(17)11-24-8-2-4-16(12-24)23-19(25)9-13-3-1-5-18(13)22;;/h6-7,10,13,16,18H,1-5,8-9,11-12,22H2,(H,23,25);2*1H/t13-,16?,18+;;/m0../s1. The number of piperidine rings is 1. The molecular weight excluding hydrogens is 412 g/mol. The summed E-state index contributed by atoms with van der Waals surface area (Å²) in [4.78, 5) is 14.6. The van der Waals surface area contributed by atoms with Crippen molar-refractivity contribution in [3.05, 3.63) is 34.6 Å². The molecule has 1 saturated heterocycles. The van der Waals surface area contributed by atoms with E-state index in [1.807, 2.05) is 0 Å². The number of hydrogen-bond donors (Lipinski definition) is 2. The first-order valence-corrected chi connectivity index (χ1v) is 9.60. The Balaban J connectivity index is 0.00000182. The Kier molecular flexibility index (Phi) is 10.3. The zero-order valence-electron chi connectivity index (χ0n) is 15.3. The number of carbonyl (C=O) groups is 1. The molecule has 1 aliphatic heterocycles. The molecule has 0 aromatic heterocycles. The van der Waals surface area contributed by atoms with Crippen molar-refractivity contribution in [2.45, 2.75) is 57.2 Å². The van der Waals surface area contributed by atoms with Crippen molar-refractivity contribution in [2.24, 2.45) is 11.7 Å². The molecule has 0 spiro atoms. The second-order valence-corrected chi connectivity index (χ2v) is 7.84. The molecule has 3 atom stereocenters. The van der Waals surface area contributed by atoms with E-state index in [0.717, 1.165) is 50.8 Å². The topological polar surface area (TPSA) is 58.4 Å². The van der Waals surface area contributed by atoms with Crippen molar-refractivity contribution in [3.63, 3.8) is 0 Å². The summed E-state index contributed by atoms with van der Waals surface area (Å²) < 4.78 is 13.2. The molecule has 2 fully saturated rings. The molecule has 1 aromatic carbocycles. The molecular formula is C19H29Cl3FN3O. The summed E-state index contributed by atoms with van der Waals surface area (Å²) in [5, 5.41) is 3.64. The Morgan fingerprint density at radius 3 is 2.70 bits per heavy atom. The van der Waals surface area contributed by atoms with Crippen LogP contribution >= 0.6 is 36.4 Å².